The highest BCUT2D eigenvalue weighted by molar-refractivity contribution is 7.92. The highest BCUT2D eigenvalue weighted by Crippen LogP contribution is 2.57. The van der Waals surface area contributed by atoms with Gasteiger partial charge in [-0.1, -0.05) is 6.92 Å². The second-order valence-corrected chi connectivity index (χ2v) is 10.2. The van der Waals surface area contributed by atoms with E-state index in [0.717, 1.165) is 24.3 Å². The largest absolute Gasteiger partial charge is 0.490 e. The molecule has 2 aromatic carbocycles. The third kappa shape index (κ3) is 3.01. The van der Waals surface area contributed by atoms with Gasteiger partial charge in [-0.05, 0) is 61.6 Å². The van der Waals surface area contributed by atoms with Crippen molar-refractivity contribution in [3.05, 3.63) is 59.2 Å². The van der Waals surface area contributed by atoms with Gasteiger partial charge in [-0.2, -0.15) is 13.2 Å². The predicted molar refractivity (Wildman–Crippen MR) is 98.7 cm³/mol. The maximum Gasteiger partial charge on any atom is 0.416 e. The summed E-state index contributed by atoms with van der Waals surface area (Å²) >= 11 is 0. The highest BCUT2D eigenvalue weighted by atomic mass is 32.2. The molecule has 4 rings (SSSR count). The highest BCUT2D eigenvalue weighted by Gasteiger charge is 2.59. The number of alkyl halides is 3. The van der Waals surface area contributed by atoms with Gasteiger partial charge in [0.05, 0.1) is 22.6 Å². The van der Waals surface area contributed by atoms with Crippen LogP contribution in [0.4, 0.5) is 22.0 Å². The lowest BCUT2D eigenvalue weighted by Crippen LogP contribution is -2.52. The Labute approximate surface area is 170 Å². The molecule has 162 valence electrons. The molecule has 9 heteroatoms. The van der Waals surface area contributed by atoms with Gasteiger partial charge in [0, 0.05) is 5.92 Å². The maximum absolute atomic E-state index is 15.0. The van der Waals surface area contributed by atoms with Gasteiger partial charge in [0.25, 0.3) is 0 Å². The molecule has 3 atom stereocenters. The SMILES string of the molecule is C[C@@H]1CC[C@@]2(S(=O)(=O)c3ccc(C(F)(F)F)cc3)c3c(F)ccc(F)c3OC[C@H]2C1. The van der Waals surface area contributed by atoms with Crippen LogP contribution in [0.3, 0.4) is 0 Å². The zero-order chi connectivity index (χ0) is 21.9. The molecule has 1 heterocycles. The van der Waals surface area contributed by atoms with Crippen molar-refractivity contribution in [2.24, 2.45) is 11.8 Å². The molecular formula is C21H19F5O3S. The second-order valence-electron chi connectivity index (χ2n) is 8.04. The van der Waals surface area contributed by atoms with E-state index in [1.807, 2.05) is 6.92 Å². The topological polar surface area (TPSA) is 43.4 Å². The van der Waals surface area contributed by atoms with Gasteiger partial charge >= 0.3 is 6.18 Å². The molecule has 1 aliphatic carbocycles. The number of hydrogen-bond donors (Lipinski definition) is 0. The van der Waals surface area contributed by atoms with E-state index in [0.29, 0.717) is 25.0 Å². The van der Waals surface area contributed by atoms with Gasteiger partial charge in [-0.15, -0.1) is 0 Å². The van der Waals surface area contributed by atoms with Crippen molar-refractivity contribution < 1.29 is 35.1 Å². The molecule has 1 aliphatic heterocycles. The van der Waals surface area contributed by atoms with Gasteiger partial charge in [0.1, 0.15) is 10.6 Å². The van der Waals surface area contributed by atoms with E-state index in [9.17, 15) is 30.4 Å². The first-order chi connectivity index (χ1) is 14.0. The van der Waals surface area contributed by atoms with Gasteiger partial charge in [-0.3, -0.25) is 0 Å². The number of halogens is 5. The first-order valence-corrected chi connectivity index (χ1v) is 11.0. The molecule has 0 spiro atoms. The van der Waals surface area contributed by atoms with Crippen molar-refractivity contribution in [1.82, 2.24) is 0 Å². The molecule has 0 bridgehead atoms. The Morgan fingerprint density at radius 3 is 2.30 bits per heavy atom. The molecule has 1 saturated carbocycles. The minimum absolute atomic E-state index is 0.0267. The molecule has 2 aliphatic rings. The molecule has 3 nitrogen and oxygen atoms in total. The summed E-state index contributed by atoms with van der Waals surface area (Å²) in [4.78, 5) is -0.355. The summed E-state index contributed by atoms with van der Waals surface area (Å²) < 4.78 is 99.4. The lowest BCUT2D eigenvalue weighted by atomic mass is 9.70. The summed E-state index contributed by atoms with van der Waals surface area (Å²) in [5.74, 6) is -2.71. The van der Waals surface area contributed by atoms with E-state index in [2.05, 4.69) is 0 Å². The quantitative estimate of drug-likeness (QED) is 0.574. The molecule has 0 aromatic heterocycles. The molecule has 30 heavy (non-hydrogen) atoms. The van der Waals surface area contributed by atoms with Crippen molar-refractivity contribution in [3.63, 3.8) is 0 Å². The lowest BCUT2D eigenvalue weighted by molar-refractivity contribution is -0.137. The summed E-state index contributed by atoms with van der Waals surface area (Å²) in [5.41, 5.74) is -1.34. The molecule has 0 unspecified atom stereocenters. The van der Waals surface area contributed by atoms with Crippen molar-refractivity contribution in [1.29, 1.82) is 0 Å². The summed E-state index contributed by atoms with van der Waals surface area (Å²) in [5, 5.41) is 0. The first-order valence-electron chi connectivity index (χ1n) is 9.51. The maximum atomic E-state index is 15.0. The smallest absolute Gasteiger partial charge is 0.416 e. The van der Waals surface area contributed by atoms with Crippen LogP contribution >= 0.6 is 0 Å². The summed E-state index contributed by atoms with van der Waals surface area (Å²) in [7, 11) is -4.38. The Morgan fingerprint density at radius 2 is 1.67 bits per heavy atom. The molecule has 0 N–H and O–H groups in total. The monoisotopic (exact) mass is 446 g/mol. The summed E-state index contributed by atoms with van der Waals surface area (Å²) in [6.07, 6.45) is -3.73. The van der Waals surface area contributed by atoms with Crippen LogP contribution in [-0.4, -0.2) is 15.0 Å². The van der Waals surface area contributed by atoms with Gasteiger partial charge in [0.2, 0.25) is 0 Å². The first kappa shape index (κ1) is 21.1. The average Bonchev–Trinajstić information content (AvgIpc) is 2.69. The number of ether oxygens (including phenoxy) is 1. The third-order valence-electron chi connectivity index (χ3n) is 6.24. The van der Waals surface area contributed by atoms with Crippen LogP contribution in [0.1, 0.15) is 37.3 Å². The predicted octanol–water partition coefficient (Wildman–Crippen LogP) is 5.48. The number of rotatable bonds is 2. The van der Waals surface area contributed by atoms with Crippen molar-refractivity contribution in [3.8, 4) is 5.75 Å². The lowest BCUT2D eigenvalue weighted by Gasteiger charge is -2.48. The minimum Gasteiger partial charge on any atom is -0.490 e. The normalized spacial score (nSPS) is 26.5. The van der Waals surface area contributed by atoms with E-state index in [-0.39, 0.29) is 29.4 Å². The van der Waals surface area contributed by atoms with Crippen LogP contribution in [0.15, 0.2) is 41.3 Å². The van der Waals surface area contributed by atoms with E-state index in [1.54, 1.807) is 0 Å². The zero-order valence-corrected chi connectivity index (χ0v) is 16.8. The second kappa shape index (κ2) is 6.93. The van der Waals surface area contributed by atoms with Gasteiger partial charge in [0.15, 0.2) is 21.4 Å². The van der Waals surface area contributed by atoms with Crippen LogP contribution in [0, 0.1) is 23.5 Å². The molecule has 0 amide bonds. The number of sulfone groups is 1. The standard InChI is InChI=1S/C21H19F5O3S/c1-12-8-9-20(30(27,28)15-4-2-13(3-5-15)21(24,25)26)14(10-12)11-29-19-17(23)7-6-16(22)18(19)20/h2-7,12,14H,8-11H2,1H3/t12-,14-,20+/m1/s1. The summed E-state index contributed by atoms with van der Waals surface area (Å²) in [6, 6.07) is 4.88. The van der Waals surface area contributed by atoms with E-state index >= 15 is 0 Å². The Hall–Kier alpha value is -2.16. The van der Waals surface area contributed by atoms with E-state index in [4.69, 9.17) is 4.74 Å². The molecule has 1 fully saturated rings. The Bertz CT molecular complexity index is 1080. The number of fused-ring (bicyclic) bond motifs is 3. The zero-order valence-electron chi connectivity index (χ0n) is 16.0. The molecular weight excluding hydrogens is 427 g/mol. The Balaban J connectivity index is 1.95. The van der Waals surface area contributed by atoms with E-state index in [1.165, 1.54) is 0 Å². The molecule has 0 radical (unpaired) electrons. The Kier molecular flexibility index (Phi) is 4.87. The van der Waals surface area contributed by atoms with Crippen LogP contribution in [0.5, 0.6) is 5.75 Å². The fourth-order valence-electron chi connectivity index (χ4n) is 4.76. The average molecular weight is 446 g/mol. The van der Waals surface area contributed by atoms with Crippen molar-refractivity contribution in [2.45, 2.75) is 42.0 Å². The van der Waals surface area contributed by atoms with Crippen molar-refractivity contribution in [2.75, 3.05) is 6.61 Å². The third-order valence-corrected chi connectivity index (χ3v) is 8.83. The fraction of sp³-hybridized carbons (Fsp3) is 0.429. The van der Waals surface area contributed by atoms with Crippen LogP contribution in [-0.2, 0) is 20.8 Å². The molecule has 0 saturated heterocycles. The number of hydrogen-bond acceptors (Lipinski definition) is 3. The minimum atomic E-state index is -4.62. The van der Waals surface area contributed by atoms with Crippen LogP contribution in [0.2, 0.25) is 0 Å². The summed E-state index contributed by atoms with van der Waals surface area (Å²) in [6.45, 7) is 1.82. The Morgan fingerprint density at radius 1 is 1.03 bits per heavy atom. The fourth-order valence-corrected chi connectivity index (χ4v) is 7.13. The van der Waals surface area contributed by atoms with Gasteiger partial charge in [-0.25, -0.2) is 17.2 Å². The van der Waals surface area contributed by atoms with E-state index < -0.39 is 49.6 Å². The van der Waals surface area contributed by atoms with Crippen molar-refractivity contribution >= 4 is 9.84 Å². The van der Waals surface area contributed by atoms with Gasteiger partial charge < -0.3 is 4.74 Å². The molecule has 2 aromatic rings. The number of benzene rings is 2. The van der Waals surface area contributed by atoms with Crippen LogP contribution in [0.25, 0.3) is 0 Å². The van der Waals surface area contributed by atoms with Crippen LogP contribution < -0.4 is 4.74 Å².